The monoisotopic (exact) mass is 490 g/mol. The maximum atomic E-state index is 12.7. The van der Waals surface area contributed by atoms with Crippen molar-refractivity contribution in [1.82, 2.24) is 15.1 Å². The van der Waals surface area contributed by atoms with Gasteiger partial charge < -0.3 is 28.7 Å². The second-order valence-corrected chi connectivity index (χ2v) is 8.42. The van der Waals surface area contributed by atoms with Crippen LogP contribution in [0.15, 0.2) is 48.5 Å². The molecule has 0 N–H and O–H groups in total. The molecule has 0 aliphatic carbocycles. The summed E-state index contributed by atoms with van der Waals surface area (Å²) in [5.41, 5.74) is 2.17. The summed E-state index contributed by atoms with van der Waals surface area (Å²) in [4.78, 5) is 28.1. The van der Waals surface area contributed by atoms with E-state index in [1.807, 2.05) is 30.3 Å². The molecule has 0 spiro atoms. The largest absolute Gasteiger partial charge is 0.493 e. The maximum absolute atomic E-state index is 12.7. The lowest BCUT2D eigenvalue weighted by Crippen LogP contribution is -2.50. The van der Waals surface area contributed by atoms with Gasteiger partial charge in [0, 0.05) is 37.3 Å². The first-order valence-corrected chi connectivity index (χ1v) is 11.6. The van der Waals surface area contributed by atoms with Gasteiger partial charge in [-0.3, -0.25) is 9.59 Å². The van der Waals surface area contributed by atoms with Crippen LogP contribution in [0.3, 0.4) is 0 Å². The first-order valence-electron chi connectivity index (χ1n) is 11.6. The van der Waals surface area contributed by atoms with E-state index in [0.29, 0.717) is 49.0 Å². The standard InChI is InChI=1S/C26H26N4O6/c1-17(31)18-3-6-21(23(13-18)33-2)34-15-26(32)30-11-9-29(10-12-30)25-8-5-20(27-28-25)19-4-7-22-24(14-19)36-16-35-22/h3-8,13-14H,9-12,15-16H2,1-2H3. The van der Waals surface area contributed by atoms with Gasteiger partial charge in [0.05, 0.1) is 12.8 Å². The molecule has 0 bridgehead atoms. The molecule has 2 aromatic carbocycles. The Kier molecular flexibility index (Phi) is 6.57. The molecular formula is C26H26N4O6. The smallest absolute Gasteiger partial charge is 0.260 e. The number of hydrogen-bond donors (Lipinski definition) is 0. The maximum Gasteiger partial charge on any atom is 0.260 e. The van der Waals surface area contributed by atoms with Crippen molar-refractivity contribution in [1.29, 1.82) is 0 Å². The number of ketones is 1. The summed E-state index contributed by atoms with van der Waals surface area (Å²) in [5, 5.41) is 8.77. The number of fused-ring (bicyclic) bond motifs is 1. The highest BCUT2D eigenvalue weighted by Gasteiger charge is 2.23. The summed E-state index contributed by atoms with van der Waals surface area (Å²) in [5.74, 6) is 2.85. The van der Waals surface area contributed by atoms with Gasteiger partial charge in [0.2, 0.25) is 6.79 Å². The van der Waals surface area contributed by atoms with Crippen molar-refractivity contribution in [3.63, 3.8) is 0 Å². The Bertz CT molecular complexity index is 1270. The third-order valence-corrected chi connectivity index (χ3v) is 6.20. The fraction of sp³-hybridized carbons (Fsp3) is 0.308. The predicted octanol–water partition coefficient (Wildman–Crippen LogP) is 2.81. The van der Waals surface area contributed by atoms with Crippen LogP contribution >= 0.6 is 0 Å². The van der Waals surface area contributed by atoms with Crippen molar-refractivity contribution in [2.24, 2.45) is 0 Å². The second-order valence-electron chi connectivity index (χ2n) is 8.42. The Morgan fingerprint density at radius 3 is 2.44 bits per heavy atom. The van der Waals surface area contributed by atoms with Crippen molar-refractivity contribution < 1.29 is 28.5 Å². The predicted molar refractivity (Wildman–Crippen MR) is 131 cm³/mol. The minimum atomic E-state index is -0.114. The Labute approximate surface area is 208 Å². The molecule has 0 radical (unpaired) electrons. The summed E-state index contributed by atoms with van der Waals surface area (Å²) in [6.07, 6.45) is 0. The summed E-state index contributed by atoms with van der Waals surface area (Å²) in [7, 11) is 1.50. The van der Waals surface area contributed by atoms with Crippen LogP contribution in [0, 0.1) is 0 Å². The Morgan fingerprint density at radius 1 is 0.917 bits per heavy atom. The molecule has 2 aliphatic heterocycles. The van der Waals surface area contributed by atoms with Gasteiger partial charge >= 0.3 is 0 Å². The number of methoxy groups -OCH3 is 1. The molecule has 1 saturated heterocycles. The molecule has 0 atom stereocenters. The molecule has 1 fully saturated rings. The number of carbonyl (C=O) groups is 2. The average molecular weight is 491 g/mol. The highest BCUT2D eigenvalue weighted by Crippen LogP contribution is 2.35. The van der Waals surface area contributed by atoms with Crippen LogP contribution in [0.5, 0.6) is 23.0 Å². The Hall–Kier alpha value is -4.34. The van der Waals surface area contributed by atoms with Crippen molar-refractivity contribution in [3.8, 4) is 34.3 Å². The number of ether oxygens (including phenoxy) is 4. The summed E-state index contributed by atoms with van der Waals surface area (Å²) < 4.78 is 21.8. The molecule has 2 aliphatic rings. The number of carbonyl (C=O) groups excluding carboxylic acids is 2. The number of nitrogens with zero attached hydrogens (tertiary/aromatic N) is 4. The molecule has 1 amide bonds. The fourth-order valence-electron chi connectivity index (χ4n) is 4.13. The number of amides is 1. The van der Waals surface area contributed by atoms with Crippen LogP contribution in [-0.2, 0) is 4.79 Å². The van der Waals surface area contributed by atoms with E-state index in [1.165, 1.54) is 14.0 Å². The van der Waals surface area contributed by atoms with Crippen LogP contribution in [0.4, 0.5) is 5.82 Å². The van der Waals surface area contributed by atoms with E-state index in [9.17, 15) is 9.59 Å². The van der Waals surface area contributed by atoms with E-state index in [1.54, 1.807) is 23.1 Å². The van der Waals surface area contributed by atoms with Crippen LogP contribution in [0.2, 0.25) is 0 Å². The summed E-state index contributed by atoms with van der Waals surface area (Å²) in [6, 6.07) is 14.5. The van der Waals surface area contributed by atoms with E-state index < -0.39 is 0 Å². The average Bonchev–Trinajstić information content (AvgIpc) is 3.40. The molecule has 0 unspecified atom stereocenters. The van der Waals surface area contributed by atoms with E-state index in [0.717, 1.165) is 22.8 Å². The normalized spacial score (nSPS) is 14.5. The van der Waals surface area contributed by atoms with E-state index in [4.69, 9.17) is 18.9 Å². The Balaban J connectivity index is 1.14. The molecule has 10 nitrogen and oxygen atoms in total. The highest BCUT2D eigenvalue weighted by atomic mass is 16.7. The van der Waals surface area contributed by atoms with Gasteiger partial charge in [-0.1, -0.05) is 0 Å². The molecule has 10 heteroatoms. The fourth-order valence-corrected chi connectivity index (χ4v) is 4.13. The van der Waals surface area contributed by atoms with Gasteiger partial charge in [-0.15, -0.1) is 10.2 Å². The van der Waals surface area contributed by atoms with Crippen molar-refractivity contribution in [3.05, 3.63) is 54.1 Å². The second kappa shape index (κ2) is 10.1. The molecular weight excluding hydrogens is 464 g/mol. The minimum absolute atomic E-state index is 0.0685. The van der Waals surface area contributed by atoms with E-state index in [-0.39, 0.29) is 25.1 Å². The lowest BCUT2D eigenvalue weighted by molar-refractivity contribution is -0.133. The number of Topliss-reactive ketones (excluding diaryl/α,β-unsaturated/α-hetero) is 1. The van der Waals surface area contributed by atoms with Gasteiger partial charge in [0.1, 0.15) is 0 Å². The van der Waals surface area contributed by atoms with Crippen molar-refractivity contribution >= 4 is 17.5 Å². The molecule has 186 valence electrons. The van der Waals surface area contributed by atoms with Gasteiger partial charge in [-0.25, -0.2) is 0 Å². The topological polar surface area (TPSA) is 103 Å². The van der Waals surface area contributed by atoms with Crippen LogP contribution in [-0.4, -0.2) is 73.5 Å². The lowest BCUT2D eigenvalue weighted by Gasteiger charge is -2.35. The van der Waals surface area contributed by atoms with Gasteiger partial charge in [0.25, 0.3) is 5.91 Å². The summed E-state index contributed by atoms with van der Waals surface area (Å²) >= 11 is 0. The van der Waals surface area contributed by atoms with Crippen LogP contribution < -0.4 is 23.8 Å². The molecule has 1 aromatic heterocycles. The Morgan fingerprint density at radius 2 is 1.72 bits per heavy atom. The lowest BCUT2D eigenvalue weighted by atomic mass is 10.1. The van der Waals surface area contributed by atoms with Crippen molar-refractivity contribution in [2.75, 3.05) is 51.6 Å². The number of piperazine rings is 1. The number of anilines is 1. The van der Waals surface area contributed by atoms with Gasteiger partial charge in [-0.05, 0) is 55.5 Å². The molecule has 0 saturated carbocycles. The first kappa shape index (κ1) is 23.4. The van der Waals surface area contributed by atoms with E-state index in [2.05, 4.69) is 15.1 Å². The third kappa shape index (κ3) is 4.88. The number of hydrogen-bond acceptors (Lipinski definition) is 9. The zero-order valence-electron chi connectivity index (χ0n) is 20.1. The molecule has 3 aromatic rings. The quantitative estimate of drug-likeness (QED) is 0.463. The third-order valence-electron chi connectivity index (χ3n) is 6.20. The number of benzene rings is 2. The van der Waals surface area contributed by atoms with Crippen molar-refractivity contribution in [2.45, 2.75) is 6.92 Å². The first-order chi connectivity index (χ1) is 17.5. The molecule has 36 heavy (non-hydrogen) atoms. The number of rotatable bonds is 7. The number of aromatic nitrogens is 2. The molecule has 5 rings (SSSR count). The van der Waals surface area contributed by atoms with E-state index >= 15 is 0 Å². The van der Waals surface area contributed by atoms with Gasteiger partial charge in [0.15, 0.2) is 41.2 Å². The molecule has 3 heterocycles. The zero-order valence-corrected chi connectivity index (χ0v) is 20.1. The van der Waals surface area contributed by atoms with Crippen LogP contribution in [0.25, 0.3) is 11.3 Å². The SMILES string of the molecule is COc1cc(C(C)=O)ccc1OCC(=O)N1CCN(c2ccc(-c3ccc4c(c3)OCO4)nn2)CC1. The van der Waals surface area contributed by atoms with Crippen LogP contribution in [0.1, 0.15) is 17.3 Å². The highest BCUT2D eigenvalue weighted by molar-refractivity contribution is 5.94. The zero-order chi connectivity index (χ0) is 25.1. The minimum Gasteiger partial charge on any atom is -0.493 e. The summed E-state index contributed by atoms with van der Waals surface area (Å²) in [6.45, 7) is 3.98. The van der Waals surface area contributed by atoms with Gasteiger partial charge in [-0.2, -0.15) is 0 Å².